The molecular formula is C15H13BrF3N. The SMILES string of the molecule is Cc1cc(C(F)(F)F)ccc1C(N)c1ccccc1Br. The van der Waals surface area contributed by atoms with Crippen LogP contribution in [-0.4, -0.2) is 0 Å². The van der Waals surface area contributed by atoms with E-state index in [0.717, 1.165) is 22.2 Å². The Morgan fingerprint density at radius 3 is 2.25 bits per heavy atom. The van der Waals surface area contributed by atoms with Crippen LogP contribution < -0.4 is 5.73 Å². The minimum Gasteiger partial charge on any atom is -0.320 e. The van der Waals surface area contributed by atoms with Gasteiger partial charge in [-0.1, -0.05) is 40.2 Å². The zero-order valence-electron chi connectivity index (χ0n) is 10.7. The fourth-order valence-corrected chi connectivity index (χ4v) is 2.63. The van der Waals surface area contributed by atoms with Gasteiger partial charge < -0.3 is 5.73 Å². The molecule has 1 nitrogen and oxygen atoms in total. The van der Waals surface area contributed by atoms with E-state index in [1.54, 1.807) is 6.92 Å². The van der Waals surface area contributed by atoms with Crippen LogP contribution in [0.25, 0.3) is 0 Å². The van der Waals surface area contributed by atoms with Crippen LogP contribution in [0, 0.1) is 6.92 Å². The van der Waals surface area contributed by atoms with Crippen molar-refractivity contribution >= 4 is 15.9 Å². The molecule has 2 N–H and O–H groups in total. The van der Waals surface area contributed by atoms with E-state index in [-0.39, 0.29) is 0 Å². The van der Waals surface area contributed by atoms with Gasteiger partial charge in [-0.2, -0.15) is 13.2 Å². The standard InChI is InChI=1S/C15H13BrF3N/c1-9-8-10(15(17,18)19)6-7-11(9)14(20)12-4-2-3-5-13(12)16/h2-8,14H,20H2,1H3. The van der Waals surface area contributed by atoms with E-state index < -0.39 is 17.8 Å². The van der Waals surface area contributed by atoms with E-state index in [0.29, 0.717) is 11.1 Å². The van der Waals surface area contributed by atoms with E-state index >= 15 is 0 Å². The third kappa shape index (κ3) is 3.04. The first kappa shape index (κ1) is 15.1. The average Bonchev–Trinajstić information content (AvgIpc) is 2.37. The molecule has 2 aromatic rings. The summed E-state index contributed by atoms with van der Waals surface area (Å²) in [6, 6.07) is 10.6. The molecule has 1 atom stereocenters. The van der Waals surface area contributed by atoms with E-state index in [1.165, 1.54) is 6.07 Å². The molecule has 106 valence electrons. The molecular weight excluding hydrogens is 331 g/mol. The molecule has 0 radical (unpaired) electrons. The Morgan fingerprint density at radius 2 is 1.70 bits per heavy atom. The first-order valence-electron chi connectivity index (χ1n) is 5.98. The number of alkyl halides is 3. The van der Waals surface area contributed by atoms with Crippen molar-refractivity contribution in [1.82, 2.24) is 0 Å². The first-order valence-corrected chi connectivity index (χ1v) is 6.77. The van der Waals surface area contributed by atoms with Crippen LogP contribution in [0.3, 0.4) is 0 Å². The highest BCUT2D eigenvalue weighted by Crippen LogP contribution is 2.33. The molecule has 0 bridgehead atoms. The number of benzene rings is 2. The molecule has 0 aliphatic heterocycles. The smallest absolute Gasteiger partial charge is 0.320 e. The Morgan fingerprint density at radius 1 is 1.05 bits per heavy atom. The van der Waals surface area contributed by atoms with Gasteiger partial charge in [-0.25, -0.2) is 0 Å². The summed E-state index contributed by atoms with van der Waals surface area (Å²) in [5.74, 6) is 0. The predicted octanol–water partition coefficient (Wildman–Crippen LogP) is 4.82. The zero-order valence-corrected chi connectivity index (χ0v) is 12.3. The molecule has 20 heavy (non-hydrogen) atoms. The summed E-state index contributed by atoms with van der Waals surface area (Å²) in [5, 5.41) is 0. The van der Waals surface area contributed by atoms with Crippen molar-refractivity contribution in [2.45, 2.75) is 19.1 Å². The Kier molecular flexibility index (Phi) is 4.20. The number of halogens is 4. The molecule has 5 heteroatoms. The minimum atomic E-state index is -4.33. The number of hydrogen-bond donors (Lipinski definition) is 1. The molecule has 0 aliphatic rings. The lowest BCUT2D eigenvalue weighted by Gasteiger charge is -2.18. The fraction of sp³-hybridized carbons (Fsp3) is 0.200. The summed E-state index contributed by atoms with van der Waals surface area (Å²) in [6.07, 6.45) is -4.33. The Balaban J connectivity index is 2.42. The van der Waals surface area contributed by atoms with Gasteiger partial charge in [-0.3, -0.25) is 0 Å². The number of nitrogens with two attached hydrogens (primary N) is 1. The highest BCUT2D eigenvalue weighted by atomic mass is 79.9. The molecule has 0 saturated carbocycles. The van der Waals surface area contributed by atoms with Gasteiger partial charge in [0.25, 0.3) is 0 Å². The van der Waals surface area contributed by atoms with Crippen molar-refractivity contribution < 1.29 is 13.2 Å². The summed E-state index contributed by atoms with van der Waals surface area (Å²) < 4.78 is 38.8. The largest absolute Gasteiger partial charge is 0.416 e. The van der Waals surface area contributed by atoms with Gasteiger partial charge in [0.05, 0.1) is 11.6 Å². The monoisotopic (exact) mass is 343 g/mol. The van der Waals surface area contributed by atoms with Gasteiger partial charge in [-0.15, -0.1) is 0 Å². The molecule has 2 aromatic carbocycles. The highest BCUT2D eigenvalue weighted by Gasteiger charge is 2.31. The molecule has 0 saturated heterocycles. The van der Waals surface area contributed by atoms with Crippen molar-refractivity contribution in [2.75, 3.05) is 0 Å². The number of aryl methyl sites for hydroxylation is 1. The van der Waals surface area contributed by atoms with Crippen molar-refractivity contribution in [2.24, 2.45) is 5.73 Å². The second kappa shape index (κ2) is 5.58. The summed E-state index contributed by atoms with van der Waals surface area (Å²) in [6.45, 7) is 1.64. The van der Waals surface area contributed by atoms with Crippen LogP contribution in [0.2, 0.25) is 0 Å². The summed E-state index contributed by atoms with van der Waals surface area (Å²) in [7, 11) is 0. The van der Waals surface area contributed by atoms with Gasteiger partial charge in [0, 0.05) is 4.47 Å². The summed E-state index contributed by atoms with van der Waals surface area (Å²) in [5.41, 5.74) is 7.57. The molecule has 0 amide bonds. The maximum Gasteiger partial charge on any atom is 0.416 e. The summed E-state index contributed by atoms with van der Waals surface area (Å²) in [4.78, 5) is 0. The third-order valence-corrected chi connectivity index (χ3v) is 3.89. The van der Waals surface area contributed by atoms with Crippen molar-refractivity contribution in [1.29, 1.82) is 0 Å². The quantitative estimate of drug-likeness (QED) is 0.830. The zero-order chi connectivity index (χ0) is 14.9. The fourth-order valence-electron chi connectivity index (χ4n) is 2.10. The maximum absolute atomic E-state index is 12.6. The molecule has 1 unspecified atom stereocenters. The Hall–Kier alpha value is -1.33. The second-order valence-electron chi connectivity index (χ2n) is 4.57. The molecule has 0 aliphatic carbocycles. The van der Waals surface area contributed by atoms with E-state index in [1.807, 2.05) is 24.3 Å². The molecule has 0 aromatic heterocycles. The Labute approximate surface area is 123 Å². The minimum absolute atomic E-state index is 0.465. The van der Waals surface area contributed by atoms with Gasteiger partial charge in [0.1, 0.15) is 0 Å². The second-order valence-corrected chi connectivity index (χ2v) is 5.42. The summed E-state index contributed by atoms with van der Waals surface area (Å²) >= 11 is 3.40. The third-order valence-electron chi connectivity index (χ3n) is 3.17. The van der Waals surface area contributed by atoms with Gasteiger partial charge in [-0.05, 0) is 41.8 Å². The van der Waals surface area contributed by atoms with E-state index in [9.17, 15) is 13.2 Å². The van der Waals surface area contributed by atoms with Crippen LogP contribution in [0.5, 0.6) is 0 Å². The molecule has 0 fully saturated rings. The van der Waals surface area contributed by atoms with Crippen molar-refractivity contribution in [3.63, 3.8) is 0 Å². The molecule has 0 spiro atoms. The lowest BCUT2D eigenvalue weighted by atomic mass is 9.94. The van der Waals surface area contributed by atoms with Crippen molar-refractivity contribution in [3.8, 4) is 0 Å². The normalized spacial score (nSPS) is 13.3. The van der Waals surface area contributed by atoms with Crippen LogP contribution in [0.4, 0.5) is 13.2 Å². The van der Waals surface area contributed by atoms with E-state index in [2.05, 4.69) is 15.9 Å². The van der Waals surface area contributed by atoms with Crippen LogP contribution in [0.1, 0.15) is 28.3 Å². The van der Waals surface area contributed by atoms with Crippen LogP contribution in [-0.2, 0) is 6.18 Å². The Bertz CT molecular complexity index is 623. The van der Waals surface area contributed by atoms with Crippen LogP contribution >= 0.6 is 15.9 Å². The number of hydrogen-bond acceptors (Lipinski definition) is 1. The van der Waals surface area contributed by atoms with Gasteiger partial charge in [0.2, 0.25) is 0 Å². The topological polar surface area (TPSA) is 26.0 Å². The van der Waals surface area contributed by atoms with Crippen LogP contribution in [0.15, 0.2) is 46.9 Å². The van der Waals surface area contributed by atoms with Crippen molar-refractivity contribution in [3.05, 3.63) is 69.2 Å². The van der Waals surface area contributed by atoms with E-state index in [4.69, 9.17) is 5.73 Å². The highest BCUT2D eigenvalue weighted by molar-refractivity contribution is 9.10. The lowest BCUT2D eigenvalue weighted by molar-refractivity contribution is -0.137. The molecule has 2 rings (SSSR count). The van der Waals surface area contributed by atoms with Gasteiger partial charge in [0.15, 0.2) is 0 Å². The maximum atomic E-state index is 12.6. The van der Waals surface area contributed by atoms with Gasteiger partial charge >= 0.3 is 6.18 Å². The first-order chi connectivity index (χ1) is 9.30. The average molecular weight is 344 g/mol. The lowest BCUT2D eigenvalue weighted by Crippen LogP contribution is -2.15. The number of rotatable bonds is 2. The predicted molar refractivity (Wildman–Crippen MR) is 76.4 cm³/mol. The molecule has 0 heterocycles.